The van der Waals surface area contributed by atoms with E-state index in [1.54, 1.807) is 6.08 Å². The Balaban J connectivity index is 1.64. The number of nitrogens with one attached hydrogen (secondary N) is 2. The van der Waals surface area contributed by atoms with E-state index in [4.69, 9.17) is 0 Å². The van der Waals surface area contributed by atoms with Crippen molar-refractivity contribution in [3.63, 3.8) is 0 Å². The number of hydrogen-bond acceptors (Lipinski definition) is 2. The van der Waals surface area contributed by atoms with Crippen molar-refractivity contribution in [2.24, 2.45) is 7.05 Å². The normalized spacial score (nSPS) is 11.4. The van der Waals surface area contributed by atoms with Crippen LogP contribution in [0, 0.1) is 11.3 Å². The molecule has 0 spiro atoms. The number of benzene rings is 1. The molecule has 3 rings (SSSR count). The van der Waals surface area contributed by atoms with Crippen LogP contribution in [0.4, 0.5) is 0 Å². The zero-order valence-electron chi connectivity index (χ0n) is 13.4. The number of H-pyrrole nitrogens is 1. The van der Waals surface area contributed by atoms with Crippen LogP contribution in [0.2, 0.25) is 0 Å². The third-order valence-electron chi connectivity index (χ3n) is 4.00. The summed E-state index contributed by atoms with van der Waals surface area (Å²) in [5.41, 5.74) is 3.16. The predicted octanol–water partition coefficient (Wildman–Crippen LogP) is 2.77. The Morgan fingerprint density at radius 2 is 2.17 bits per heavy atom. The van der Waals surface area contributed by atoms with E-state index < -0.39 is 0 Å². The number of carbonyl (C=O) groups is 1. The lowest BCUT2D eigenvalue weighted by atomic mass is 10.1. The van der Waals surface area contributed by atoms with Crippen LogP contribution in [0.5, 0.6) is 0 Å². The zero-order chi connectivity index (χ0) is 16.9. The van der Waals surface area contributed by atoms with E-state index in [1.165, 1.54) is 0 Å². The number of carbonyl (C=O) groups excluding carboxylic acids is 1. The first kappa shape index (κ1) is 15.6. The lowest BCUT2D eigenvalue weighted by Crippen LogP contribution is -2.26. The first-order chi connectivity index (χ1) is 11.7. The minimum absolute atomic E-state index is 0.107. The van der Waals surface area contributed by atoms with Crippen molar-refractivity contribution >= 4 is 22.9 Å². The van der Waals surface area contributed by atoms with Gasteiger partial charge >= 0.3 is 0 Å². The van der Waals surface area contributed by atoms with Gasteiger partial charge < -0.3 is 14.9 Å². The van der Waals surface area contributed by atoms with Gasteiger partial charge in [-0.25, -0.2) is 0 Å². The number of nitriles is 1. The van der Waals surface area contributed by atoms with Crippen LogP contribution in [-0.2, 0) is 18.3 Å². The highest BCUT2D eigenvalue weighted by atomic mass is 16.1. The van der Waals surface area contributed by atoms with Gasteiger partial charge in [-0.2, -0.15) is 5.26 Å². The van der Waals surface area contributed by atoms with Crippen LogP contribution in [0.25, 0.3) is 17.0 Å². The minimum Gasteiger partial charge on any atom is -0.361 e. The monoisotopic (exact) mass is 318 g/mol. The summed E-state index contributed by atoms with van der Waals surface area (Å²) in [6, 6.07) is 13.8. The van der Waals surface area contributed by atoms with Crippen molar-refractivity contribution in [1.82, 2.24) is 14.9 Å². The van der Waals surface area contributed by atoms with Crippen molar-refractivity contribution in [3.8, 4) is 6.07 Å². The number of fused-ring (bicyclic) bond motifs is 1. The Bertz CT molecular complexity index is 940. The molecule has 0 unspecified atom stereocenters. The molecule has 1 aromatic carbocycles. The quantitative estimate of drug-likeness (QED) is 0.561. The van der Waals surface area contributed by atoms with Crippen LogP contribution in [-0.4, -0.2) is 22.0 Å². The molecule has 1 amide bonds. The first-order valence-electron chi connectivity index (χ1n) is 7.75. The summed E-state index contributed by atoms with van der Waals surface area (Å²) in [6.07, 6.45) is 6.14. The van der Waals surface area contributed by atoms with Crippen LogP contribution in [0.15, 0.2) is 54.4 Å². The van der Waals surface area contributed by atoms with Crippen molar-refractivity contribution in [1.29, 1.82) is 5.26 Å². The largest absolute Gasteiger partial charge is 0.361 e. The van der Waals surface area contributed by atoms with Gasteiger partial charge in [0.1, 0.15) is 11.6 Å². The molecule has 0 fully saturated rings. The lowest BCUT2D eigenvalue weighted by molar-refractivity contribution is -0.117. The fourth-order valence-electron chi connectivity index (χ4n) is 2.67. The second kappa shape index (κ2) is 6.88. The summed E-state index contributed by atoms with van der Waals surface area (Å²) >= 11 is 0. The molecule has 0 aliphatic carbocycles. The lowest BCUT2D eigenvalue weighted by Gasteiger charge is -2.04. The van der Waals surface area contributed by atoms with E-state index in [0.29, 0.717) is 13.0 Å². The minimum atomic E-state index is -0.349. The summed E-state index contributed by atoms with van der Waals surface area (Å²) in [5, 5.41) is 13.2. The van der Waals surface area contributed by atoms with Gasteiger partial charge in [-0.1, -0.05) is 18.2 Å². The maximum Gasteiger partial charge on any atom is 0.262 e. The number of amides is 1. The van der Waals surface area contributed by atoms with Crippen molar-refractivity contribution in [2.45, 2.75) is 6.42 Å². The molecule has 5 heteroatoms. The number of nitrogens with zero attached hydrogens (tertiary/aromatic N) is 2. The van der Waals surface area contributed by atoms with E-state index in [-0.39, 0.29) is 11.5 Å². The third kappa shape index (κ3) is 3.23. The molecular formula is C19H18N4O. The molecular weight excluding hydrogens is 300 g/mol. The van der Waals surface area contributed by atoms with Gasteiger partial charge in [0.05, 0.1) is 0 Å². The molecule has 0 aliphatic rings. The molecule has 24 heavy (non-hydrogen) atoms. The predicted molar refractivity (Wildman–Crippen MR) is 94.0 cm³/mol. The molecule has 0 saturated heterocycles. The molecule has 0 radical (unpaired) electrons. The third-order valence-corrected chi connectivity index (χ3v) is 4.00. The number of aromatic amines is 1. The summed E-state index contributed by atoms with van der Waals surface area (Å²) in [6.45, 7) is 0.479. The number of hydrogen-bond donors (Lipinski definition) is 2. The highest BCUT2D eigenvalue weighted by molar-refractivity contribution is 6.01. The first-order valence-corrected chi connectivity index (χ1v) is 7.75. The number of aryl methyl sites for hydroxylation is 1. The van der Waals surface area contributed by atoms with Gasteiger partial charge in [0.25, 0.3) is 5.91 Å². The fraction of sp³-hybridized carbons (Fsp3) is 0.158. The standard InChI is InChI=1S/C19H18N4O/c1-23-10-4-5-16(23)11-15(12-20)19(24)21-9-8-14-13-22-18-7-3-2-6-17(14)18/h2-7,10-11,13,22H,8-9H2,1H3,(H,21,24)/b15-11-. The van der Waals surface area contributed by atoms with E-state index in [2.05, 4.69) is 16.4 Å². The topological polar surface area (TPSA) is 73.6 Å². The molecule has 5 nitrogen and oxygen atoms in total. The second-order valence-corrected chi connectivity index (χ2v) is 5.58. The molecule has 0 aliphatic heterocycles. The summed E-state index contributed by atoms with van der Waals surface area (Å²) < 4.78 is 1.86. The molecule has 120 valence electrons. The average Bonchev–Trinajstić information content (AvgIpc) is 3.19. The maximum atomic E-state index is 12.2. The molecule has 0 saturated carbocycles. The molecule has 3 aromatic rings. The van der Waals surface area contributed by atoms with E-state index in [0.717, 1.165) is 22.2 Å². The van der Waals surface area contributed by atoms with Gasteiger partial charge in [-0.05, 0) is 36.3 Å². The summed E-state index contributed by atoms with van der Waals surface area (Å²) in [4.78, 5) is 15.4. The van der Waals surface area contributed by atoms with Crippen LogP contribution >= 0.6 is 0 Å². The molecule has 2 heterocycles. The average molecular weight is 318 g/mol. The van der Waals surface area contributed by atoms with E-state index in [1.807, 2.05) is 60.4 Å². The highest BCUT2D eigenvalue weighted by Crippen LogP contribution is 2.17. The molecule has 0 bridgehead atoms. The van der Waals surface area contributed by atoms with E-state index >= 15 is 0 Å². The Kier molecular flexibility index (Phi) is 4.48. The van der Waals surface area contributed by atoms with E-state index in [9.17, 15) is 10.1 Å². The van der Waals surface area contributed by atoms with Gasteiger partial charge in [0, 0.05) is 42.6 Å². The van der Waals surface area contributed by atoms with Crippen molar-refractivity contribution < 1.29 is 4.79 Å². The second-order valence-electron chi connectivity index (χ2n) is 5.58. The number of aromatic nitrogens is 2. The van der Waals surface area contributed by atoms with Gasteiger partial charge in [-0.15, -0.1) is 0 Å². The SMILES string of the molecule is Cn1cccc1/C=C(/C#N)C(=O)NCCc1c[nH]c2ccccc12. The Morgan fingerprint density at radius 1 is 1.33 bits per heavy atom. The van der Waals surface area contributed by atoms with Gasteiger partial charge in [-0.3, -0.25) is 4.79 Å². The highest BCUT2D eigenvalue weighted by Gasteiger charge is 2.10. The van der Waals surface area contributed by atoms with Crippen LogP contribution in [0.1, 0.15) is 11.3 Å². The Labute approximate surface area is 140 Å². The molecule has 0 atom stereocenters. The molecule has 2 aromatic heterocycles. The van der Waals surface area contributed by atoms with Crippen molar-refractivity contribution in [3.05, 3.63) is 65.6 Å². The zero-order valence-corrected chi connectivity index (χ0v) is 13.4. The molecule has 2 N–H and O–H groups in total. The van der Waals surface area contributed by atoms with Crippen LogP contribution < -0.4 is 5.32 Å². The number of rotatable bonds is 5. The number of para-hydroxylation sites is 1. The van der Waals surface area contributed by atoms with Gasteiger partial charge in [0.15, 0.2) is 0 Å². The Hall–Kier alpha value is -3.26. The Morgan fingerprint density at radius 3 is 2.92 bits per heavy atom. The van der Waals surface area contributed by atoms with Crippen molar-refractivity contribution in [2.75, 3.05) is 6.54 Å². The van der Waals surface area contributed by atoms with Crippen LogP contribution in [0.3, 0.4) is 0 Å². The summed E-state index contributed by atoms with van der Waals surface area (Å²) in [7, 11) is 1.87. The fourth-order valence-corrected chi connectivity index (χ4v) is 2.67. The summed E-state index contributed by atoms with van der Waals surface area (Å²) in [5.74, 6) is -0.349. The van der Waals surface area contributed by atoms with Gasteiger partial charge in [0.2, 0.25) is 0 Å². The smallest absolute Gasteiger partial charge is 0.262 e. The maximum absolute atomic E-state index is 12.2.